The number of aryl methyl sites for hydroxylation is 1. The number of non-ortho nitro benzene ring substituents is 1. The molecular formula is C24H26N6O5. The van der Waals surface area contributed by atoms with Gasteiger partial charge >= 0.3 is 0 Å². The van der Waals surface area contributed by atoms with Gasteiger partial charge in [-0.2, -0.15) is 0 Å². The van der Waals surface area contributed by atoms with Crippen LogP contribution in [0.25, 0.3) is 0 Å². The number of fused-ring (bicyclic) bond motifs is 2. The summed E-state index contributed by atoms with van der Waals surface area (Å²) in [5.74, 6) is -2.79. The Morgan fingerprint density at radius 1 is 1.14 bits per heavy atom. The lowest BCUT2D eigenvalue weighted by Crippen LogP contribution is -2.74. The van der Waals surface area contributed by atoms with Crippen molar-refractivity contribution < 1.29 is 19.3 Å². The van der Waals surface area contributed by atoms with Crippen molar-refractivity contribution in [1.29, 1.82) is 0 Å². The van der Waals surface area contributed by atoms with Crippen LogP contribution in [0.5, 0.6) is 0 Å². The van der Waals surface area contributed by atoms with Gasteiger partial charge in [-0.3, -0.25) is 34.7 Å². The molecule has 3 aliphatic heterocycles. The second kappa shape index (κ2) is 9.08. The minimum absolute atomic E-state index is 0.0835. The summed E-state index contributed by atoms with van der Waals surface area (Å²) in [4.78, 5) is 51.4. The van der Waals surface area contributed by atoms with E-state index in [1.165, 1.54) is 29.3 Å². The number of anilines is 1. The van der Waals surface area contributed by atoms with Crippen molar-refractivity contribution in [2.45, 2.75) is 38.8 Å². The molecule has 0 bridgehead atoms. The number of nitrogens with zero attached hydrogens (tertiary/aromatic N) is 2. The average molecular weight is 479 g/mol. The Bertz CT molecular complexity index is 1220. The minimum Gasteiger partial charge on any atom is -0.340 e. The third-order valence-corrected chi connectivity index (χ3v) is 6.97. The van der Waals surface area contributed by atoms with E-state index in [9.17, 15) is 24.5 Å². The summed E-state index contributed by atoms with van der Waals surface area (Å²) in [7, 11) is 0. The molecule has 2 aromatic carbocycles. The summed E-state index contributed by atoms with van der Waals surface area (Å²) < 4.78 is 0. The van der Waals surface area contributed by atoms with Gasteiger partial charge in [0, 0.05) is 37.3 Å². The van der Waals surface area contributed by atoms with Crippen LogP contribution >= 0.6 is 0 Å². The summed E-state index contributed by atoms with van der Waals surface area (Å²) in [6.45, 7) is 3.04. The van der Waals surface area contributed by atoms with E-state index in [2.05, 4.69) is 38.3 Å². The molecule has 3 heterocycles. The number of carbonyl (C=O) groups is 3. The Hall–Kier alpha value is -3.83. The molecule has 0 aliphatic carbocycles. The van der Waals surface area contributed by atoms with Crippen molar-refractivity contribution in [3.05, 3.63) is 69.3 Å². The molecule has 2 saturated heterocycles. The number of benzene rings is 2. The lowest BCUT2D eigenvalue weighted by molar-refractivity contribution is -0.384. The predicted octanol–water partition coefficient (Wildman–Crippen LogP) is 0.981. The summed E-state index contributed by atoms with van der Waals surface area (Å²) in [6.07, 6.45) is -0.447. The van der Waals surface area contributed by atoms with Crippen LogP contribution in [0.4, 0.5) is 11.4 Å². The fourth-order valence-electron chi connectivity index (χ4n) is 5.12. The van der Waals surface area contributed by atoms with E-state index < -0.39 is 35.1 Å². The zero-order valence-electron chi connectivity index (χ0n) is 19.1. The quantitative estimate of drug-likeness (QED) is 0.379. The molecule has 2 aromatic rings. The molecule has 35 heavy (non-hydrogen) atoms. The number of rotatable bonds is 4. The highest BCUT2D eigenvalue weighted by atomic mass is 16.6. The molecule has 0 aromatic heterocycles. The maximum absolute atomic E-state index is 13.2. The molecule has 3 aliphatic rings. The van der Waals surface area contributed by atoms with Crippen molar-refractivity contribution in [1.82, 2.24) is 20.9 Å². The average Bonchev–Trinajstić information content (AvgIpc) is 2.83. The van der Waals surface area contributed by atoms with Gasteiger partial charge in [-0.15, -0.1) is 0 Å². The van der Waals surface area contributed by atoms with E-state index >= 15 is 0 Å². The molecule has 182 valence electrons. The molecule has 4 N–H and O–H groups in total. The van der Waals surface area contributed by atoms with E-state index in [4.69, 9.17) is 0 Å². The molecule has 0 radical (unpaired) electrons. The third-order valence-electron chi connectivity index (χ3n) is 6.97. The SMILES string of the molecule is Cc1cc([N+](=O)[O-])ccc1NC(=O)C1CC(=O)NC2NC(N3CCc4ccccc4C3)NC(=O)C21. The Balaban J connectivity index is 1.31. The smallest absolute Gasteiger partial charge is 0.269 e. The fraction of sp³-hybridized carbons (Fsp3) is 0.375. The number of hydrogen-bond donors (Lipinski definition) is 4. The fourth-order valence-corrected chi connectivity index (χ4v) is 5.12. The zero-order chi connectivity index (χ0) is 24.7. The molecule has 11 heteroatoms. The van der Waals surface area contributed by atoms with Crippen molar-refractivity contribution in [3.8, 4) is 0 Å². The van der Waals surface area contributed by atoms with E-state index in [0.29, 0.717) is 17.8 Å². The van der Waals surface area contributed by atoms with Crippen LogP contribution in [0.15, 0.2) is 42.5 Å². The van der Waals surface area contributed by atoms with Crippen LogP contribution in [0.2, 0.25) is 0 Å². The van der Waals surface area contributed by atoms with Crippen LogP contribution in [0.3, 0.4) is 0 Å². The third kappa shape index (κ3) is 4.47. The molecule has 5 rings (SSSR count). The summed E-state index contributed by atoms with van der Waals surface area (Å²) in [5.41, 5.74) is 3.31. The summed E-state index contributed by atoms with van der Waals surface area (Å²) in [5, 5.41) is 22.8. The largest absolute Gasteiger partial charge is 0.340 e. The molecule has 2 fully saturated rings. The summed E-state index contributed by atoms with van der Waals surface area (Å²) in [6, 6.07) is 12.3. The van der Waals surface area contributed by atoms with Crippen molar-refractivity contribution in [3.63, 3.8) is 0 Å². The second-order valence-corrected chi connectivity index (χ2v) is 9.19. The normalized spacial score (nSPS) is 26.1. The van der Waals surface area contributed by atoms with Gasteiger partial charge in [0.2, 0.25) is 17.7 Å². The van der Waals surface area contributed by atoms with Crippen LogP contribution in [-0.4, -0.2) is 46.5 Å². The number of amides is 3. The van der Waals surface area contributed by atoms with Gasteiger partial charge in [0.05, 0.1) is 22.9 Å². The first kappa shape index (κ1) is 22.9. The lowest BCUT2D eigenvalue weighted by atomic mass is 9.81. The van der Waals surface area contributed by atoms with Gasteiger partial charge < -0.3 is 16.0 Å². The molecule has 0 saturated carbocycles. The van der Waals surface area contributed by atoms with Crippen LogP contribution in [-0.2, 0) is 27.3 Å². The first-order chi connectivity index (χ1) is 16.8. The number of piperidine rings is 1. The number of hydrogen-bond acceptors (Lipinski definition) is 7. The topological polar surface area (TPSA) is 146 Å². The van der Waals surface area contributed by atoms with Crippen molar-refractivity contribution in [2.75, 3.05) is 11.9 Å². The van der Waals surface area contributed by atoms with Crippen molar-refractivity contribution >= 4 is 29.1 Å². The van der Waals surface area contributed by atoms with E-state index in [1.54, 1.807) is 6.92 Å². The van der Waals surface area contributed by atoms with Crippen molar-refractivity contribution in [2.24, 2.45) is 11.8 Å². The second-order valence-electron chi connectivity index (χ2n) is 9.19. The summed E-state index contributed by atoms with van der Waals surface area (Å²) >= 11 is 0. The van der Waals surface area contributed by atoms with Gasteiger partial charge in [0.25, 0.3) is 5.69 Å². The Morgan fingerprint density at radius 2 is 1.91 bits per heavy atom. The first-order valence-electron chi connectivity index (χ1n) is 11.5. The maximum Gasteiger partial charge on any atom is 0.269 e. The molecular weight excluding hydrogens is 452 g/mol. The number of carbonyl (C=O) groups excluding carboxylic acids is 3. The lowest BCUT2D eigenvalue weighted by Gasteiger charge is -2.47. The molecule has 4 unspecified atom stereocenters. The monoisotopic (exact) mass is 478 g/mol. The number of nitro groups is 1. The van der Waals surface area contributed by atoms with Crippen LogP contribution in [0, 0.1) is 28.9 Å². The highest BCUT2D eigenvalue weighted by Crippen LogP contribution is 2.30. The first-order valence-corrected chi connectivity index (χ1v) is 11.5. The molecule has 0 spiro atoms. The number of nitrogens with one attached hydrogen (secondary N) is 4. The number of nitro benzene ring substituents is 1. The van der Waals surface area contributed by atoms with Crippen LogP contribution < -0.4 is 21.3 Å². The maximum atomic E-state index is 13.2. The van der Waals surface area contributed by atoms with E-state index in [1.807, 2.05) is 12.1 Å². The highest BCUT2D eigenvalue weighted by molar-refractivity contribution is 6.00. The standard InChI is InChI=1S/C24H26N6O5/c1-13-10-16(30(34)35)6-7-18(13)25-22(32)17-11-19(31)26-21-20(17)23(33)28-24(27-21)29-9-8-14-4-2-3-5-15(14)12-29/h2-7,10,17,20-21,24,27H,8-9,11-12H2,1H3,(H,25,32)(H,26,31)(H,28,33). The molecule has 3 amide bonds. The van der Waals surface area contributed by atoms with Gasteiger partial charge in [0.15, 0.2) is 0 Å². The molecule has 11 nitrogen and oxygen atoms in total. The highest BCUT2D eigenvalue weighted by Gasteiger charge is 2.49. The van der Waals surface area contributed by atoms with Gasteiger partial charge in [-0.05, 0) is 36.1 Å². The minimum atomic E-state index is -0.890. The van der Waals surface area contributed by atoms with Gasteiger partial charge in [-0.25, -0.2) is 0 Å². The zero-order valence-corrected chi connectivity index (χ0v) is 19.1. The van der Waals surface area contributed by atoms with Gasteiger partial charge in [0.1, 0.15) is 6.29 Å². The van der Waals surface area contributed by atoms with Crippen LogP contribution in [0.1, 0.15) is 23.1 Å². The predicted molar refractivity (Wildman–Crippen MR) is 126 cm³/mol. The molecule has 4 atom stereocenters. The Morgan fingerprint density at radius 3 is 2.66 bits per heavy atom. The Kier molecular flexibility index (Phi) is 5.95. The van der Waals surface area contributed by atoms with E-state index in [0.717, 1.165) is 13.0 Å². The Labute approximate surface area is 201 Å². The van der Waals surface area contributed by atoms with E-state index in [-0.39, 0.29) is 23.9 Å². The van der Waals surface area contributed by atoms with Gasteiger partial charge in [-0.1, -0.05) is 24.3 Å².